The van der Waals surface area contributed by atoms with Gasteiger partial charge in [0.2, 0.25) is 17.7 Å². The van der Waals surface area contributed by atoms with Crippen molar-refractivity contribution in [1.82, 2.24) is 25.8 Å². The maximum absolute atomic E-state index is 13.5. The van der Waals surface area contributed by atoms with Crippen molar-refractivity contribution in [2.24, 2.45) is 11.7 Å². The molecular formula is C25H47N7O5. The number of carboxylic acid groups (broad SMARTS) is 1. The summed E-state index contributed by atoms with van der Waals surface area (Å²) in [5.74, 6) is -1.88. The summed E-state index contributed by atoms with van der Waals surface area (Å²) in [5, 5.41) is 25.5. The van der Waals surface area contributed by atoms with Crippen LogP contribution in [-0.4, -0.2) is 94.9 Å². The summed E-state index contributed by atoms with van der Waals surface area (Å²) in [6.07, 6.45) is 3.16. The number of hydrogen-bond acceptors (Lipinski definition) is 6. The fourth-order valence-corrected chi connectivity index (χ4v) is 4.36. The van der Waals surface area contributed by atoms with E-state index < -0.39 is 42.0 Å². The first kappa shape index (κ1) is 32.1. The summed E-state index contributed by atoms with van der Waals surface area (Å²) >= 11 is 0. The van der Waals surface area contributed by atoms with Gasteiger partial charge in [-0.2, -0.15) is 0 Å². The van der Waals surface area contributed by atoms with Crippen LogP contribution in [0.2, 0.25) is 0 Å². The number of rotatable bonds is 15. The smallest absolute Gasteiger partial charge is 0.325 e. The van der Waals surface area contributed by atoms with Crippen molar-refractivity contribution < 1.29 is 24.3 Å². The third kappa shape index (κ3) is 10.6. The molecular weight excluding hydrogens is 478 g/mol. The lowest BCUT2D eigenvalue weighted by molar-refractivity contribution is -0.144. The quantitative estimate of drug-likeness (QED) is 0.101. The highest BCUT2D eigenvalue weighted by atomic mass is 16.4. The van der Waals surface area contributed by atoms with Crippen LogP contribution in [0.15, 0.2) is 0 Å². The maximum Gasteiger partial charge on any atom is 0.325 e. The number of nitrogens with one attached hydrogen (secondary N) is 4. The third-order valence-electron chi connectivity index (χ3n) is 6.54. The highest BCUT2D eigenvalue weighted by Crippen LogP contribution is 2.20. The average molecular weight is 526 g/mol. The molecule has 212 valence electrons. The van der Waals surface area contributed by atoms with Crippen molar-refractivity contribution in [3.05, 3.63) is 0 Å². The number of likely N-dealkylation sites (tertiary alicyclic amines) is 1. The van der Waals surface area contributed by atoms with E-state index in [0.717, 1.165) is 13.1 Å². The first-order chi connectivity index (χ1) is 17.4. The zero-order chi connectivity index (χ0) is 28.1. The largest absolute Gasteiger partial charge is 0.480 e. The van der Waals surface area contributed by atoms with Crippen molar-refractivity contribution in [2.45, 2.75) is 97.3 Å². The van der Waals surface area contributed by atoms with Crippen molar-refractivity contribution in [1.29, 1.82) is 5.41 Å². The first-order valence-corrected chi connectivity index (χ1v) is 13.4. The molecule has 1 fully saturated rings. The van der Waals surface area contributed by atoms with Gasteiger partial charge in [0, 0.05) is 26.2 Å². The zero-order valence-corrected chi connectivity index (χ0v) is 23.0. The summed E-state index contributed by atoms with van der Waals surface area (Å²) in [6, 6.07) is -3.45. The van der Waals surface area contributed by atoms with Gasteiger partial charge in [0.05, 0.1) is 6.04 Å². The number of nitrogens with two attached hydrogens (primary N) is 1. The zero-order valence-electron chi connectivity index (χ0n) is 23.0. The fourth-order valence-electron chi connectivity index (χ4n) is 4.36. The SMILES string of the molecule is CCN(CC)C(=N)NCCCC[C@H](NC(=O)[C@@H](N)CC(C)C)C(=O)N1CCC[C@H]1C(=O)N[C@H](C)C(=O)O. The Balaban J connectivity index is 2.86. The van der Waals surface area contributed by atoms with Crippen LogP contribution in [0.5, 0.6) is 0 Å². The fraction of sp³-hybridized carbons (Fsp3) is 0.800. The second kappa shape index (κ2) is 16.1. The lowest BCUT2D eigenvalue weighted by atomic mass is 10.0. The standard InChI is InChI=1S/C25H47N7O5/c1-6-31(7-2)25(27)28-13-9-8-11-19(30-21(33)18(26)15-16(3)4)23(35)32-14-10-12-20(32)22(34)29-17(5)24(36)37/h16-20H,6-15,26H2,1-5H3,(H2,27,28)(H,29,34)(H,30,33)(H,36,37)/t17-,18+,19+,20+/m1/s1. The van der Waals surface area contributed by atoms with E-state index in [0.29, 0.717) is 57.6 Å². The van der Waals surface area contributed by atoms with E-state index in [4.69, 9.17) is 16.2 Å². The molecule has 0 aromatic rings. The molecule has 0 spiro atoms. The normalized spacial score (nSPS) is 17.6. The van der Waals surface area contributed by atoms with Gasteiger partial charge in [0.15, 0.2) is 5.96 Å². The van der Waals surface area contributed by atoms with Crippen LogP contribution in [0.4, 0.5) is 0 Å². The minimum atomic E-state index is -1.16. The Hall–Kier alpha value is -2.89. The maximum atomic E-state index is 13.5. The van der Waals surface area contributed by atoms with Crippen molar-refractivity contribution in [3.8, 4) is 0 Å². The number of aliphatic carboxylic acids is 1. The van der Waals surface area contributed by atoms with E-state index in [9.17, 15) is 19.2 Å². The molecule has 1 aliphatic heterocycles. The van der Waals surface area contributed by atoms with Gasteiger partial charge in [-0.15, -0.1) is 0 Å². The molecule has 3 amide bonds. The minimum Gasteiger partial charge on any atom is -0.480 e. The van der Waals surface area contributed by atoms with E-state index in [1.54, 1.807) is 0 Å². The molecule has 1 saturated heterocycles. The predicted octanol–water partition coefficient (Wildman–Crippen LogP) is 0.461. The number of guanidine groups is 1. The lowest BCUT2D eigenvalue weighted by Crippen LogP contribution is -2.56. The Labute approximate surface area is 220 Å². The van der Waals surface area contributed by atoms with Crippen molar-refractivity contribution in [3.63, 3.8) is 0 Å². The molecule has 12 nitrogen and oxygen atoms in total. The van der Waals surface area contributed by atoms with Gasteiger partial charge in [0.25, 0.3) is 0 Å². The van der Waals surface area contributed by atoms with Gasteiger partial charge in [-0.3, -0.25) is 24.6 Å². The molecule has 7 N–H and O–H groups in total. The molecule has 0 bridgehead atoms. The second-order valence-electron chi connectivity index (χ2n) is 10.00. The Kier molecular flexibility index (Phi) is 13.9. The summed E-state index contributed by atoms with van der Waals surface area (Å²) in [5.41, 5.74) is 6.05. The van der Waals surface area contributed by atoms with Gasteiger partial charge in [0.1, 0.15) is 18.1 Å². The van der Waals surface area contributed by atoms with Crippen molar-refractivity contribution >= 4 is 29.7 Å². The van der Waals surface area contributed by atoms with Gasteiger partial charge in [-0.05, 0) is 65.2 Å². The monoisotopic (exact) mass is 525 g/mol. The number of hydrogen-bond donors (Lipinski definition) is 6. The van der Waals surface area contributed by atoms with Crippen LogP contribution < -0.4 is 21.7 Å². The molecule has 0 aromatic heterocycles. The van der Waals surface area contributed by atoms with Crippen molar-refractivity contribution in [2.75, 3.05) is 26.2 Å². The Bertz CT molecular complexity index is 787. The molecule has 1 rings (SSSR count). The van der Waals surface area contributed by atoms with Gasteiger partial charge < -0.3 is 36.6 Å². The topological polar surface area (TPSA) is 181 Å². The van der Waals surface area contributed by atoms with Gasteiger partial charge in [-0.25, -0.2) is 0 Å². The van der Waals surface area contributed by atoms with Crippen LogP contribution in [-0.2, 0) is 19.2 Å². The Morgan fingerprint density at radius 2 is 1.76 bits per heavy atom. The average Bonchev–Trinajstić information content (AvgIpc) is 3.32. The summed E-state index contributed by atoms with van der Waals surface area (Å²) in [7, 11) is 0. The number of carboxylic acids is 1. The molecule has 0 radical (unpaired) electrons. The van der Waals surface area contributed by atoms with Crippen LogP contribution in [0.3, 0.4) is 0 Å². The third-order valence-corrected chi connectivity index (χ3v) is 6.54. The summed E-state index contributed by atoms with van der Waals surface area (Å²) in [4.78, 5) is 53.5. The molecule has 0 aromatic carbocycles. The number of amides is 3. The molecule has 1 aliphatic rings. The van der Waals surface area contributed by atoms with Crippen LogP contribution in [0.1, 0.15) is 73.1 Å². The van der Waals surface area contributed by atoms with E-state index in [-0.39, 0.29) is 11.8 Å². The van der Waals surface area contributed by atoms with Crippen LogP contribution >= 0.6 is 0 Å². The highest BCUT2D eigenvalue weighted by molar-refractivity contribution is 5.94. The molecule has 0 aliphatic carbocycles. The number of carbonyl (C=O) groups is 4. The Morgan fingerprint density at radius 3 is 2.32 bits per heavy atom. The lowest BCUT2D eigenvalue weighted by Gasteiger charge is -2.30. The number of nitrogens with zero attached hydrogens (tertiary/aromatic N) is 2. The number of carbonyl (C=O) groups excluding carboxylic acids is 3. The second-order valence-corrected chi connectivity index (χ2v) is 10.00. The molecule has 1 heterocycles. The van der Waals surface area contributed by atoms with E-state index in [1.807, 2.05) is 32.6 Å². The number of unbranched alkanes of at least 4 members (excludes halogenated alkanes) is 1. The predicted molar refractivity (Wildman–Crippen MR) is 142 cm³/mol. The summed E-state index contributed by atoms with van der Waals surface area (Å²) < 4.78 is 0. The molecule has 37 heavy (non-hydrogen) atoms. The Morgan fingerprint density at radius 1 is 1.11 bits per heavy atom. The molecule has 0 unspecified atom stereocenters. The molecule has 12 heteroatoms. The van der Waals surface area contributed by atoms with E-state index >= 15 is 0 Å². The highest BCUT2D eigenvalue weighted by Gasteiger charge is 2.38. The van der Waals surface area contributed by atoms with Gasteiger partial charge in [-0.1, -0.05) is 13.8 Å². The van der Waals surface area contributed by atoms with Crippen LogP contribution in [0.25, 0.3) is 0 Å². The molecule has 0 saturated carbocycles. The van der Waals surface area contributed by atoms with Crippen LogP contribution in [0, 0.1) is 11.3 Å². The summed E-state index contributed by atoms with van der Waals surface area (Å²) in [6.45, 7) is 11.6. The first-order valence-electron chi connectivity index (χ1n) is 13.4. The molecule has 4 atom stereocenters. The van der Waals surface area contributed by atoms with E-state index in [2.05, 4.69) is 16.0 Å². The van der Waals surface area contributed by atoms with E-state index in [1.165, 1.54) is 11.8 Å². The van der Waals surface area contributed by atoms with Gasteiger partial charge >= 0.3 is 5.97 Å². The minimum absolute atomic E-state index is 0.213.